The van der Waals surface area contributed by atoms with Gasteiger partial charge in [0.15, 0.2) is 0 Å². The Morgan fingerprint density at radius 3 is 2.52 bits per heavy atom. The van der Waals surface area contributed by atoms with Crippen LogP contribution in [0.2, 0.25) is 0 Å². The summed E-state index contributed by atoms with van der Waals surface area (Å²) in [6.07, 6.45) is 1.74. The van der Waals surface area contributed by atoms with Crippen LogP contribution in [0.1, 0.15) is 28.4 Å². The summed E-state index contributed by atoms with van der Waals surface area (Å²) in [7, 11) is 0. The highest BCUT2D eigenvalue weighted by atomic mass is 15.5. The van der Waals surface area contributed by atoms with Crippen molar-refractivity contribution in [3.63, 3.8) is 0 Å². The topological polar surface area (TPSA) is 56.7 Å². The first kappa shape index (κ1) is 13.5. The molecule has 0 amide bonds. The molecule has 0 saturated carbocycles. The minimum absolute atomic E-state index is 0.262. The Bertz CT molecular complexity index is 746. The Hall–Kier alpha value is -2.46. The molecule has 3 aromatic rings. The summed E-state index contributed by atoms with van der Waals surface area (Å²) in [5, 5.41) is 8.82. The van der Waals surface area contributed by atoms with E-state index in [-0.39, 0.29) is 6.04 Å². The molecule has 0 aliphatic rings. The van der Waals surface area contributed by atoms with E-state index in [0.717, 1.165) is 16.9 Å². The van der Waals surface area contributed by atoms with Gasteiger partial charge in [0, 0.05) is 0 Å². The van der Waals surface area contributed by atoms with Crippen molar-refractivity contribution in [3.05, 3.63) is 77.1 Å². The van der Waals surface area contributed by atoms with Gasteiger partial charge in [-0.2, -0.15) is 15.0 Å². The van der Waals surface area contributed by atoms with Crippen LogP contribution in [-0.4, -0.2) is 15.0 Å². The van der Waals surface area contributed by atoms with Crippen molar-refractivity contribution in [3.8, 4) is 5.69 Å². The van der Waals surface area contributed by atoms with E-state index in [0.29, 0.717) is 0 Å². The van der Waals surface area contributed by atoms with E-state index in [1.165, 1.54) is 11.1 Å². The lowest BCUT2D eigenvalue weighted by Gasteiger charge is -2.13. The monoisotopic (exact) mass is 278 g/mol. The Morgan fingerprint density at radius 2 is 1.76 bits per heavy atom. The molecule has 1 unspecified atom stereocenters. The van der Waals surface area contributed by atoms with Gasteiger partial charge >= 0.3 is 0 Å². The smallest absolute Gasteiger partial charge is 0.104 e. The maximum atomic E-state index is 6.36. The van der Waals surface area contributed by atoms with Crippen LogP contribution in [0.3, 0.4) is 0 Å². The number of aromatic nitrogens is 3. The van der Waals surface area contributed by atoms with Gasteiger partial charge in [0.1, 0.15) is 5.69 Å². The minimum Gasteiger partial charge on any atom is -0.319 e. The number of benzene rings is 2. The summed E-state index contributed by atoms with van der Waals surface area (Å²) in [5.41, 5.74) is 11.6. The number of nitrogens with zero attached hydrogens (tertiary/aromatic N) is 3. The van der Waals surface area contributed by atoms with Gasteiger partial charge in [-0.15, -0.1) is 0 Å². The molecule has 0 bridgehead atoms. The van der Waals surface area contributed by atoms with Gasteiger partial charge in [-0.3, -0.25) is 0 Å². The van der Waals surface area contributed by atoms with E-state index in [1.54, 1.807) is 11.0 Å². The van der Waals surface area contributed by atoms with Crippen LogP contribution in [0.15, 0.2) is 54.7 Å². The van der Waals surface area contributed by atoms with Crippen molar-refractivity contribution in [1.82, 2.24) is 15.0 Å². The third kappa shape index (κ3) is 2.58. The molecule has 0 saturated heterocycles. The lowest BCUT2D eigenvalue weighted by Crippen LogP contribution is -2.15. The van der Waals surface area contributed by atoms with Gasteiger partial charge in [-0.25, -0.2) is 0 Å². The van der Waals surface area contributed by atoms with E-state index < -0.39 is 0 Å². The van der Waals surface area contributed by atoms with Gasteiger partial charge in [0.25, 0.3) is 0 Å². The molecule has 1 heterocycles. The summed E-state index contributed by atoms with van der Waals surface area (Å²) >= 11 is 0. The molecule has 21 heavy (non-hydrogen) atoms. The molecular weight excluding hydrogens is 260 g/mol. The highest BCUT2D eigenvalue weighted by Crippen LogP contribution is 2.23. The molecule has 2 N–H and O–H groups in total. The molecule has 106 valence electrons. The quantitative estimate of drug-likeness (QED) is 0.801. The Balaban J connectivity index is 1.95. The second-order valence-corrected chi connectivity index (χ2v) is 5.16. The molecule has 0 fully saturated rings. The molecule has 0 aliphatic heterocycles. The molecule has 4 nitrogen and oxygen atoms in total. The van der Waals surface area contributed by atoms with Gasteiger partial charge in [-0.05, 0) is 42.7 Å². The summed E-state index contributed by atoms with van der Waals surface area (Å²) in [5.74, 6) is 0. The Morgan fingerprint density at radius 1 is 1.00 bits per heavy atom. The lowest BCUT2D eigenvalue weighted by atomic mass is 9.96. The first-order chi connectivity index (χ1) is 10.2. The number of nitrogens with two attached hydrogens (primary N) is 1. The fourth-order valence-electron chi connectivity index (χ4n) is 2.37. The van der Waals surface area contributed by atoms with Crippen molar-refractivity contribution in [2.24, 2.45) is 5.73 Å². The average molecular weight is 278 g/mol. The SMILES string of the molecule is Cc1cccc(C(N)c2cnn(-c3ccccc3)n2)c1C. The maximum Gasteiger partial charge on any atom is 0.104 e. The average Bonchev–Trinajstić information content (AvgIpc) is 3.00. The van der Waals surface area contributed by atoms with Gasteiger partial charge in [0.05, 0.1) is 17.9 Å². The fraction of sp³-hybridized carbons (Fsp3) is 0.176. The van der Waals surface area contributed by atoms with Gasteiger partial charge < -0.3 is 5.73 Å². The minimum atomic E-state index is -0.262. The number of hydrogen-bond acceptors (Lipinski definition) is 3. The summed E-state index contributed by atoms with van der Waals surface area (Å²) in [4.78, 5) is 1.61. The molecule has 0 spiro atoms. The Labute approximate surface area is 124 Å². The van der Waals surface area contributed by atoms with E-state index >= 15 is 0 Å². The first-order valence-electron chi connectivity index (χ1n) is 6.96. The van der Waals surface area contributed by atoms with Crippen molar-refractivity contribution in [2.75, 3.05) is 0 Å². The molecule has 4 heteroatoms. The summed E-state index contributed by atoms with van der Waals surface area (Å²) in [6.45, 7) is 4.18. The zero-order chi connectivity index (χ0) is 14.8. The Kier molecular flexibility index (Phi) is 3.54. The van der Waals surface area contributed by atoms with Crippen molar-refractivity contribution in [2.45, 2.75) is 19.9 Å². The predicted octanol–water partition coefficient (Wildman–Crippen LogP) is 2.93. The third-order valence-corrected chi connectivity index (χ3v) is 3.80. The number of para-hydroxylation sites is 1. The second kappa shape index (κ2) is 5.50. The van der Waals surface area contributed by atoms with Crippen LogP contribution >= 0.6 is 0 Å². The van der Waals surface area contributed by atoms with Crippen molar-refractivity contribution >= 4 is 0 Å². The molecule has 0 radical (unpaired) electrons. The van der Waals surface area contributed by atoms with Gasteiger partial charge in [-0.1, -0.05) is 36.4 Å². The van der Waals surface area contributed by atoms with Crippen LogP contribution in [0, 0.1) is 13.8 Å². The highest BCUT2D eigenvalue weighted by Gasteiger charge is 2.16. The van der Waals surface area contributed by atoms with Crippen molar-refractivity contribution < 1.29 is 0 Å². The van der Waals surface area contributed by atoms with E-state index in [2.05, 4.69) is 36.2 Å². The van der Waals surface area contributed by atoms with Gasteiger partial charge in [0.2, 0.25) is 0 Å². The second-order valence-electron chi connectivity index (χ2n) is 5.16. The molecular formula is C17H18N4. The number of rotatable bonds is 3. The maximum absolute atomic E-state index is 6.36. The molecule has 1 aromatic heterocycles. The zero-order valence-electron chi connectivity index (χ0n) is 12.2. The van der Waals surface area contributed by atoms with Crippen LogP contribution in [-0.2, 0) is 0 Å². The molecule has 0 aliphatic carbocycles. The highest BCUT2D eigenvalue weighted by molar-refractivity contribution is 5.38. The van der Waals surface area contributed by atoms with Crippen LogP contribution in [0.5, 0.6) is 0 Å². The predicted molar refractivity (Wildman–Crippen MR) is 83.3 cm³/mol. The summed E-state index contributed by atoms with van der Waals surface area (Å²) in [6, 6.07) is 15.7. The standard InChI is InChI=1S/C17H18N4/c1-12-7-6-10-15(13(12)2)17(18)16-11-19-21(20-16)14-8-4-3-5-9-14/h3-11,17H,18H2,1-2H3. The van der Waals surface area contributed by atoms with Crippen LogP contribution < -0.4 is 5.73 Å². The molecule has 3 rings (SSSR count). The van der Waals surface area contributed by atoms with Crippen molar-refractivity contribution in [1.29, 1.82) is 0 Å². The van der Waals surface area contributed by atoms with Crippen LogP contribution in [0.25, 0.3) is 5.69 Å². The number of aryl methyl sites for hydroxylation is 1. The summed E-state index contributed by atoms with van der Waals surface area (Å²) < 4.78 is 0. The normalized spacial score (nSPS) is 12.3. The van der Waals surface area contributed by atoms with E-state index in [1.807, 2.05) is 36.4 Å². The third-order valence-electron chi connectivity index (χ3n) is 3.80. The largest absolute Gasteiger partial charge is 0.319 e. The number of hydrogen-bond donors (Lipinski definition) is 1. The fourth-order valence-corrected chi connectivity index (χ4v) is 2.37. The lowest BCUT2D eigenvalue weighted by molar-refractivity contribution is 0.718. The van der Waals surface area contributed by atoms with E-state index in [4.69, 9.17) is 5.73 Å². The van der Waals surface area contributed by atoms with E-state index in [9.17, 15) is 0 Å². The molecule has 1 atom stereocenters. The zero-order valence-corrected chi connectivity index (χ0v) is 12.2. The first-order valence-corrected chi connectivity index (χ1v) is 6.96. The molecule has 2 aromatic carbocycles. The van der Waals surface area contributed by atoms with Crippen LogP contribution in [0.4, 0.5) is 0 Å².